The van der Waals surface area contributed by atoms with Crippen molar-refractivity contribution in [2.75, 3.05) is 5.32 Å². The maximum absolute atomic E-state index is 13.0. The van der Waals surface area contributed by atoms with Crippen LogP contribution in [0.1, 0.15) is 22.1 Å². The third kappa shape index (κ3) is 4.61. The fraction of sp³-hybridized carbons (Fsp3) is 0. The molecule has 0 aliphatic carbocycles. The van der Waals surface area contributed by atoms with E-state index < -0.39 is 10.8 Å². The quantitative estimate of drug-likeness (QED) is 0.241. The summed E-state index contributed by atoms with van der Waals surface area (Å²) in [4.78, 5) is 36.4. The number of benzene rings is 2. The number of fused-ring (bicyclic) bond motifs is 1. The lowest BCUT2D eigenvalue weighted by Crippen LogP contribution is -2.14. The molecule has 0 aliphatic heterocycles. The Morgan fingerprint density at radius 1 is 1.03 bits per heavy atom. The van der Waals surface area contributed by atoms with Gasteiger partial charge in [0.15, 0.2) is 5.82 Å². The van der Waals surface area contributed by atoms with E-state index in [2.05, 4.69) is 20.3 Å². The van der Waals surface area contributed by atoms with Crippen LogP contribution in [-0.2, 0) is 0 Å². The van der Waals surface area contributed by atoms with Gasteiger partial charge >= 0.3 is 5.88 Å². The number of anilines is 1. The van der Waals surface area contributed by atoms with Crippen molar-refractivity contribution in [3.8, 4) is 16.3 Å². The number of amides is 1. The van der Waals surface area contributed by atoms with E-state index in [1.807, 2.05) is 6.07 Å². The molecule has 0 unspecified atom stereocenters. The summed E-state index contributed by atoms with van der Waals surface area (Å²) in [5.74, 6) is 0.0491. The van der Waals surface area contributed by atoms with Crippen molar-refractivity contribution >= 4 is 52.0 Å². The lowest BCUT2D eigenvalue weighted by atomic mass is 10.2. The zero-order valence-corrected chi connectivity index (χ0v) is 18.6. The van der Waals surface area contributed by atoms with Gasteiger partial charge in [0.2, 0.25) is 0 Å². The van der Waals surface area contributed by atoms with E-state index in [-0.39, 0.29) is 34.7 Å². The van der Waals surface area contributed by atoms with E-state index in [4.69, 9.17) is 4.42 Å². The van der Waals surface area contributed by atoms with E-state index in [9.17, 15) is 20.0 Å². The van der Waals surface area contributed by atoms with Crippen molar-refractivity contribution < 1.29 is 19.2 Å². The number of aromatic hydroxyl groups is 1. The molecule has 0 radical (unpaired) electrons. The first-order valence-corrected chi connectivity index (χ1v) is 11.1. The van der Waals surface area contributed by atoms with Crippen LogP contribution in [0.3, 0.4) is 0 Å². The molecule has 35 heavy (non-hydrogen) atoms. The number of carbonyl (C=O) groups excluding carboxylic acids is 1. The summed E-state index contributed by atoms with van der Waals surface area (Å²) >= 11 is 1.24. The molecule has 172 valence electrons. The summed E-state index contributed by atoms with van der Waals surface area (Å²) < 4.78 is 5.12. The normalized spacial score (nSPS) is 11.2. The van der Waals surface area contributed by atoms with Crippen LogP contribution in [0.5, 0.6) is 5.75 Å². The standard InChI is InChI=1S/C24H15N5O5S/c30-19-8-4-2-6-16(19)24-26-18(13-35-24)23(31)28-22-15-5-1-3-7-17(15)25-20(27-22)11-9-14-10-12-21(34-14)29(32)33/h1-13,30H,(H,25,27,28,31)/b11-9+. The predicted octanol–water partition coefficient (Wildman–Crippen LogP) is 5.38. The van der Waals surface area contributed by atoms with Gasteiger partial charge in [-0.1, -0.05) is 24.3 Å². The third-order valence-electron chi connectivity index (χ3n) is 4.91. The number of thiazole rings is 1. The minimum absolute atomic E-state index is 0.0777. The van der Waals surface area contributed by atoms with Crippen LogP contribution < -0.4 is 5.32 Å². The van der Waals surface area contributed by atoms with Crippen molar-refractivity contribution in [2.45, 2.75) is 0 Å². The number of rotatable bonds is 6. The minimum atomic E-state index is -0.624. The Bertz CT molecular complexity index is 1610. The van der Waals surface area contributed by atoms with Crippen LogP contribution >= 0.6 is 11.3 Å². The molecular formula is C24H15N5O5S. The number of nitrogens with one attached hydrogen (secondary N) is 1. The first-order valence-electron chi connectivity index (χ1n) is 10.2. The second kappa shape index (κ2) is 9.15. The number of aromatic nitrogens is 3. The van der Waals surface area contributed by atoms with Gasteiger partial charge in [-0.3, -0.25) is 14.9 Å². The molecule has 3 heterocycles. The van der Waals surface area contributed by atoms with Gasteiger partial charge in [-0.15, -0.1) is 11.3 Å². The van der Waals surface area contributed by atoms with Crippen molar-refractivity contribution in [2.24, 2.45) is 0 Å². The molecule has 3 aromatic heterocycles. The molecule has 1 amide bonds. The van der Waals surface area contributed by atoms with Crippen molar-refractivity contribution in [1.82, 2.24) is 15.0 Å². The van der Waals surface area contributed by atoms with E-state index in [0.717, 1.165) is 0 Å². The molecule has 0 atom stereocenters. The number of hydrogen-bond acceptors (Lipinski definition) is 9. The second-order valence-electron chi connectivity index (χ2n) is 7.22. The maximum Gasteiger partial charge on any atom is 0.433 e. The second-order valence-corrected chi connectivity index (χ2v) is 8.08. The molecule has 10 nitrogen and oxygen atoms in total. The Kier molecular flexibility index (Phi) is 5.73. The Balaban J connectivity index is 1.43. The molecule has 0 spiro atoms. The van der Waals surface area contributed by atoms with Gasteiger partial charge in [-0.2, -0.15) is 0 Å². The molecule has 5 aromatic rings. The molecule has 0 aliphatic rings. The molecule has 0 saturated carbocycles. The number of carbonyl (C=O) groups is 1. The SMILES string of the molecule is O=C(Nc1nc(/C=C/c2ccc([N+](=O)[O-])o2)nc2ccccc12)c1csc(-c2ccccc2O)n1. The van der Waals surface area contributed by atoms with Crippen LogP contribution in [0.15, 0.2) is 70.5 Å². The van der Waals surface area contributed by atoms with E-state index in [1.165, 1.54) is 35.6 Å². The maximum atomic E-state index is 13.0. The molecule has 2 N–H and O–H groups in total. The average Bonchev–Trinajstić information content (AvgIpc) is 3.53. The Hall–Kier alpha value is -4.90. The predicted molar refractivity (Wildman–Crippen MR) is 131 cm³/mol. The monoisotopic (exact) mass is 485 g/mol. The largest absolute Gasteiger partial charge is 0.507 e. The molecule has 0 saturated heterocycles. The summed E-state index contributed by atoms with van der Waals surface area (Å²) in [5, 5.41) is 26.4. The van der Waals surface area contributed by atoms with Gasteiger partial charge in [0.25, 0.3) is 5.91 Å². The highest BCUT2D eigenvalue weighted by Gasteiger charge is 2.16. The first kappa shape index (κ1) is 21.9. The average molecular weight is 485 g/mol. The molecule has 0 bridgehead atoms. The Labute approximate surface area is 201 Å². The molecule has 0 fully saturated rings. The zero-order chi connectivity index (χ0) is 24.4. The summed E-state index contributed by atoms with van der Waals surface area (Å²) in [6.07, 6.45) is 3.03. The van der Waals surface area contributed by atoms with Crippen LogP contribution in [0.25, 0.3) is 33.6 Å². The highest BCUT2D eigenvalue weighted by molar-refractivity contribution is 7.13. The van der Waals surface area contributed by atoms with E-state index >= 15 is 0 Å². The molecule has 11 heteroatoms. The van der Waals surface area contributed by atoms with Gasteiger partial charge in [0, 0.05) is 10.8 Å². The number of hydrogen-bond donors (Lipinski definition) is 2. The lowest BCUT2D eigenvalue weighted by Gasteiger charge is -2.08. The molecular weight excluding hydrogens is 470 g/mol. The van der Waals surface area contributed by atoms with Gasteiger partial charge in [-0.25, -0.2) is 15.0 Å². The zero-order valence-electron chi connectivity index (χ0n) is 17.8. The van der Waals surface area contributed by atoms with Gasteiger partial charge in [0.05, 0.1) is 17.1 Å². The summed E-state index contributed by atoms with van der Waals surface area (Å²) in [5.41, 5.74) is 1.31. The van der Waals surface area contributed by atoms with Crippen LogP contribution in [0.4, 0.5) is 11.7 Å². The van der Waals surface area contributed by atoms with E-state index in [0.29, 0.717) is 21.5 Å². The highest BCUT2D eigenvalue weighted by atomic mass is 32.1. The van der Waals surface area contributed by atoms with Crippen LogP contribution in [-0.4, -0.2) is 30.9 Å². The van der Waals surface area contributed by atoms with Gasteiger partial charge < -0.3 is 14.8 Å². The van der Waals surface area contributed by atoms with E-state index in [1.54, 1.807) is 47.8 Å². The number of phenolic OH excluding ortho intramolecular Hbond substituents is 1. The molecule has 2 aromatic carbocycles. The van der Waals surface area contributed by atoms with Gasteiger partial charge in [0.1, 0.15) is 33.0 Å². The number of phenols is 1. The minimum Gasteiger partial charge on any atom is -0.507 e. The Morgan fingerprint density at radius 2 is 1.83 bits per heavy atom. The highest BCUT2D eigenvalue weighted by Crippen LogP contribution is 2.31. The molecule has 5 rings (SSSR count). The lowest BCUT2D eigenvalue weighted by molar-refractivity contribution is -0.402. The Morgan fingerprint density at radius 3 is 2.63 bits per heavy atom. The smallest absolute Gasteiger partial charge is 0.433 e. The van der Waals surface area contributed by atoms with Crippen molar-refractivity contribution in [3.63, 3.8) is 0 Å². The topological polar surface area (TPSA) is 144 Å². The van der Waals surface area contributed by atoms with Crippen molar-refractivity contribution in [3.05, 3.63) is 93.4 Å². The van der Waals surface area contributed by atoms with Crippen LogP contribution in [0.2, 0.25) is 0 Å². The van der Waals surface area contributed by atoms with Crippen molar-refractivity contribution in [1.29, 1.82) is 0 Å². The fourth-order valence-corrected chi connectivity index (χ4v) is 4.11. The van der Waals surface area contributed by atoms with Crippen LogP contribution in [0, 0.1) is 10.1 Å². The third-order valence-corrected chi connectivity index (χ3v) is 5.79. The summed E-state index contributed by atoms with van der Waals surface area (Å²) in [6, 6.07) is 16.6. The summed E-state index contributed by atoms with van der Waals surface area (Å²) in [6.45, 7) is 0. The number of nitrogens with zero attached hydrogens (tertiary/aromatic N) is 4. The number of para-hydroxylation sites is 2. The number of nitro groups is 1. The summed E-state index contributed by atoms with van der Waals surface area (Å²) in [7, 11) is 0. The first-order chi connectivity index (χ1) is 17.0. The van der Waals surface area contributed by atoms with Gasteiger partial charge in [-0.05, 0) is 42.5 Å². The fourth-order valence-electron chi connectivity index (χ4n) is 3.28. The number of furan rings is 1.